The quantitative estimate of drug-likeness (QED) is 0.859. The number of carbonyl (C=O) groups excluding carboxylic acids is 1. The molecule has 1 fully saturated rings. The molecule has 0 amide bonds. The largest absolute Gasteiger partial charge is 0.393 e. The van der Waals surface area contributed by atoms with Gasteiger partial charge in [0.1, 0.15) is 0 Å². The maximum Gasteiger partial charge on any atom is 0.177 e. The Morgan fingerprint density at radius 1 is 1.35 bits per heavy atom. The van der Waals surface area contributed by atoms with Crippen LogP contribution in [0.2, 0.25) is 0 Å². The van der Waals surface area contributed by atoms with Crippen LogP contribution in [0.15, 0.2) is 18.2 Å². The lowest BCUT2D eigenvalue weighted by atomic mass is 9.92. The highest BCUT2D eigenvalue weighted by Crippen LogP contribution is 2.21. The number of piperidine rings is 1. The summed E-state index contributed by atoms with van der Waals surface area (Å²) in [4.78, 5) is 14.6. The summed E-state index contributed by atoms with van der Waals surface area (Å²) in [5.41, 5.74) is 3.10. The molecule has 1 atom stereocenters. The van der Waals surface area contributed by atoms with Gasteiger partial charge < -0.3 is 5.11 Å². The van der Waals surface area contributed by atoms with Gasteiger partial charge in [0.15, 0.2) is 5.78 Å². The molecule has 0 radical (unpaired) electrons. The van der Waals surface area contributed by atoms with Crippen LogP contribution in [-0.2, 0) is 0 Å². The zero-order valence-corrected chi connectivity index (χ0v) is 12.7. The number of aliphatic hydroxyl groups is 1. The molecule has 0 aliphatic carbocycles. The lowest BCUT2D eigenvalue weighted by molar-refractivity contribution is 0.0664. The van der Waals surface area contributed by atoms with Gasteiger partial charge in [-0.2, -0.15) is 0 Å². The van der Waals surface area contributed by atoms with Crippen molar-refractivity contribution >= 4 is 5.78 Å². The van der Waals surface area contributed by atoms with Crippen molar-refractivity contribution in [3.05, 3.63) is 34.9 Å². The molecule has 0 saturated carbocycles. The summed E-state index contributed by atoms with van der Waals surface area (Å²) < 4.78 is 0. The first kappa shape index (κ1) is 15.2. The second-order valence-electron chi connectivity index (χ2n) is 6.10. The number of aryl methyl sites for hydroxylation is 2. The Hall–Kier alpha value is -1.19. The van der Waals surface area contributed by atoms with Crippen molar-refractivity contribution in [3.8, 4) is 0 Å². The van der Waals surface area contributed by atoms with Crippen LogP contribution < -0.4 is 0 Å². The number of rotatable bonds is 4. The van der Waals surface area contributed by atoms with Crippen LogP contribution >= 0.6 is 0 Å². The zero-order chi connectivity index (χ0) is 14.7. The fourth-order valence-corrected chi connectivity index (χ4v) is 3.01. The molecule has 1 N–H and O–H groups in total. The molecule has 1 heterocycles. The third kappa shape index (κ3) is 3.68. The van der Waals surface area contributed by atoms with Crippen molar-refractivity contribution in [2.45, 2.75) is 39.7 Å². The minimum absolute atomic E-state index is 0.206. The van der Waals surface area contributed by atoms with E-state index in [1.807, 2.05) is 32.9 Å². The van der Waals surface area contributed by atoms with Gasteiger partial charge >= 0.3 is 0 Å². The molecule has 0 bridgehead atoms. The van der Waals surface area contributed by atoms with E-state index in [-0.39, 0.29) is 11.9 Å². The van der Waals surface area contributed by atoms with E-state index in [2.05, 4.69) is 11.0 Å². The molecule has 1 aromatic carbocycles. The normalized spacial score (nSPS) is 19.0. The van der Waals surface area contributed by atoms with Crippen molar-refractivity contribution in [1.82, 2.24) is 4.90 Å². The molecule has 1 aliphatic heterocycles. The zero-order valence-electron chi connectivity index (χ0n) is 12.7. The van der Waals surface area contributed by atoms with Crippen molar-refractivity contribution in [2.24, 2.45) is 5.92 Å². The average Bonchev–Trinajstić information content (AvgIpc) is 2.39. The summed E-state index contributed by atoms with van der Waals surface area (Å²) in [5, 5.41) is 9.60. The standard InChI is InChI=1S/C17H25NO2/c1-12-4-5-16(13(2)10-12)17(20)11-18-8-6-15(7-9-18)14(3)19/h4-5,10,14-15,19H,6-9,11H2,1-3H3. The first-order valence-corrected chi connectivity index (χ1v) is 7.48. The Labute approximate surface area is 121 Å². The first-order chi connectivity index (χ1) is 9.47. The second-order valence-corrected chi connectivity index (χ2v) is 6.10. The number of likely N-dealkylation sites (tertiary alicyclic amines) is 1. The van der Waals surface area contributed by atoms with Crippen LogP contribution in [0.3, 0.4) is 0 Å². The number of Topliss-reactive ketones (excluding diaryl/α,β-unsaturated/α-hetero) is 1. The number of benzene rings is 1. The second kappa shape index (κ2) is 6.51. The molecule has 0 spiro atoms. The summed E-state index contributed by atoms with van der Waals surface area (Å²) in [7, 11) is 0. The fraction of sp³-hybridized carbons (Fsp3) is 0.588. The summed E-state index contributed by atoms with van der Waals surface area (Å²) in [6, 6.07) is 6.00. The number of hydrogen-bond donors (Lipinski definition) is 1. The van der Waals surface area contributed by atoms with Gasteiger partial charge in [-0.25, -0.2) is 0 Å². The Balaban J connectivity index is 1.92. The minimum atomic E-state index is -0.229. The van der Waals surface area contributed by atoms with E-state index in [1.165, 1.54) is 5.56 Å². The van der Waals surface area contributed by atoms with E-state index in [9.17, 15) is 9.90 Å². The maximum absolute atomic E-state index is 12.4. The van der Waals surface area contributed by atoms with Crippen LogP contribution in [0, 0.1) is 19.8 Å². The van der Waals surface area contributed by atoms with Gasteiger partial charge in [0.2, 0.25) is 0 Å². The Kier molecular flexibility index (Phi) is 4.95. The lowest BCUT2D eigenvalue weighted by Gasteiger charge is -2.32. The van der Waals surface area contributed by atoms with E-state index in [0.29, 0.717) is 12.5 Å². The Bertz CT molecular complexity index is 474. The number of carbonyl (C=O) groups is 1. The number of hydrogen-bond acceptors (Lipinski definition) is 3. The van der Waals surface area contributed by atoms with E-state index >= 15 is 0 Å². The molecule has 0 aromatic heterocycles. The van der Waals surface area contributed by atoms with Crippen LogP contribution in [0.25, 0.3) is 0 Å². The Morgan fingerprint density at radius 3 is 2.55 bits per heavy atom. The molecule has 1 saturated heterocycles. The monoisotopic (exact) mass is 275 g/mol. The predicted octanol–water partition coefficient (Wildman–Crippen LogP) is 2.58. The number of nitrogens with zero attached hydrogens (tertiary/aromatic N) is 1. The highest BCUT2D eigenvalue weighted by Gasteiger charge is 2.24. The molecular weight excluding hydrogens is 250 g/mol. The molecule has 1 aliphatic rings. The minimum Gasteiger partial charge on any atom is -0.393 e. The SMILES string of the molecule is Cc1ccc(C(=O)CN2CCC(C(C)O)CC2)c(C)c1. The predicted molar refractivity (Wildman–Crippen MR) is 81.1 cm³/mol. The van der Waals surface area contributed by atoms with Crippen LogP contribution in [0.5, 0.6) is 0 Å². The van der Waals surface area contributed by atoms with E-state index in [1.54, 1.807) is 0 Å². The summed E-state index contributed by atoms with van der Waals surface area (Å²) in [6.07, 6.45) is 1.74. The van der Waals surface area contributed by atoms with Crippen molar-refractivity contribution in [1.29, 1.82) is 0 Å². The van der Waals surface area contributed by atoms with Crippen molar-refractivity contribution in [3.63, 3.8) is 0 Å². The smallest absolute Gasteiger partial charge is 0.177 e. The van der Waals surface area contributed by atoms with E-state index < -0.39 is 0 Å². The van der Waals surface area contributed by atoms with E-state index in [0.717, 1.165) is 37.1 Å². The van der Waals surface area contributed by atoms with E-state index in [4.69, 9.17) is 0 Å². The molecule has 20 heavy (non-hydrogen) atoms. The molecule has 1 unspecified atom stereocenters. The van der Waals surface area contributed by atoms with Gasteiger partial charge in [0.05, 0.1) is 12.6 Å². The van der Waals surface area contributed by atoms with Gasteiger partial charge in [0.25, 0.3) is 0 Å². The molecule has 3 nitrogen and oxygen atoms in total. The highest BCUT2D eigenvalue weighted by molar-refractivity contribution is 5.98. The first-order valence-electron chi connectivity index (χ1n) is 7.48. The molecule has 1 aromatic rings. The van der Waals surface area contributed by atoms with Crippen LogP contribution in [0.4, 0.5) is 0 Å². The average molecular weight is 275 g/mol. The fourth-order valence-electron chi connectivity index (χ4n) is 3.01. The number of aliphatic hydroxyl groups excluding tert-OH is 1. The maximum atomic E-state index is 12.4. The lowest BCUT2D eigenvalue weighted by Crippen LogP contribution is -2.39. The molecule has 110 valence electrons. The van der Waals surface area contributed by atoms with Gasteiger partial charge in [0, 0.05) is 5.56 Å². The van der Waals surface area contributed by atoms with Gasteiger partial charge in [-0.1, -0.05) is 23.8 Å². The van der Waals surface area contributed by atoms with Crippen LogP contribution in [0.1, 0.15) is 41.3 Å². The van der Waals surface area contributed by atoms with Crippen molar-refractivity contribution in [2.75, 3.05) is 19.6 Å². The Morgan fingerprint density at radius 2 is 2.00 bits per heavy atom. The van der Waals surface area contributed by atoms with Crippen LogP contribution in [-0.4, -0.2) is 41.5 Å². The van der Waals surface area contributed by atoms with Gasteiger partial charge in [-0.05, 0) is 58.2 Å². The van der Waals surface area contributed by atoms with Crippen molar-refractivity contribution < 1.29 is 9.90 Å². The summed E-state index contributed by atoms with van der Waals surface area (Å²) in [5.74, 6) is 0.598. The summed E-state index contributed by atoms with van der Waals surface area (Å²) >= 11 is 0. The molecular formula is C17H25NO2. The third-order valence-corrected chi connectivity index (χ3v) is 4.36. The van der Waals surface area contributed by atoms with Gasteiger partial charge in [-0.15, -0.1) is 0 Å². The highest BCUT2D eigenvalue weighted by atomic mass is 16.3. The molecule has 2 rings (SSSR count). The summed E-state index contributed by atoms with van der Waals surface area (Å²) in [6.45, 7) is 8.22. The van der Waals surface area contributed by atoms with Gasteiger partial charge in [-0.3, -0.25) is 9.69 Å². The topological polar surface area (TPSA) is 40.5 Å². The third-order valence-electron chi connectivity index (χ3n) is 4.36. The molecule has 3 heteroatoms. The number of ketones is 1.